The lowest BCUT2D eigenvalue weighted by molar-refractivity contribution is -0.146. The SMILES string of the molecule is COC(=O)C(c1coc2ccccc12)N(C)C. The number of esters is 1. The summed E-state index contributed by atoms with van der Waals surface area (Å²) < 4.78 is 10.3. The molecule has 0 N–H and O–H groups in total. The van der Waals surface area contributed by atoms with Crippen LogP contribution in [-0.4, -0.2) is 32.1 Å². The molecule has 0 spiro atoms. The average Bonchev–Trinajstić information content (AvgIpc) is 2.73. The third kappa shape index (κ3) is 2.03. The molecule has 4 nitrogen and oxygen atoms in total. The van der Waals surface area contributed by atoms with Gasteiger partial charge in [-0.25, -0.2) is 4.79 Å². The number of likely N-dealkylation sites (N-methyl/N-ethyl adjacent to an activating group) is 1. The van der Waals surface area contributed by atoms with Crippen molar-refractivity contribution < 1.29 is 13.9 Å². The van der Waals surface area contributed by atoms with E-state index in [1.807, 2.05) is 43.3 Å². The van der Waals surface area contributed by atoms with Gasteiger partial charge in [0.2, 0.25) is 0 Å². The second-order valence-corrected chi connectivity index (χ2v) is 4.08. The number of fused-ring (bicyclic) bond motifs is 1. The number of hydrogen-bond donors (Lipinski definition) is 0. The molecule has 1 unspecified atom stereocenters. The van der Waals surface area contributed by atoms with E-state index >= 15 is 0 Å². The Morgan fingerprint density at radius 1 is 1.35 bits per heavy atom. The highest BCUT2D eigenvalue weighted by atomic mass is 16.5. The standard InChI is InChI=1S/C13H15NO3/c1-14(2)12(13(15)16-3)10-8-17-11-7-5-4-6-9(10)11/h4-8,12H,1-3H3. The molecule has 90 valence electrons. The zero-order chi connectivity index (χ0) is 12.4. The van der Waals surface area contributed by atoms with Crippen LogP contribution in [-0.2, 0) is 9.53 Å². The first kappa shape index (κ1) is 11.7. The van der Waals surface area contributed by atoms with Gasteiger partial charge in [0.05, 0.1) is 13.4 Å². The molecule has 0 bridgehead atoms. The van der Waals surface area contributed by atoms with E-state index < -0.39 is 6.04 Å². The van der Waals surface area contributed by atoms with Crippen molar-refractivity contribution in [2.24, 2.45) is 0 Å². The fourth-order valence-corrected chi connectivity index (χ4v) is 1.94. The van der Waals surface area contributed by atoms with Crippen LogP contribution in [0.5, 0.6) is 0 Å². The van der Waals surface area contributed by atoms with E-state index in [1.54, 1.807) is 6.26 Å². The van der Waals surface area contributed by atoms with Crippen molar-refractivity contribution in [3.8, 4) is 0 Å². The third-order valence-electron chi connectivity index (χ3n) is 2.75. The summed E-state index contributed by atoms with van der Waals surface area (Å²) in [5.41, 5.74) is 1.61. The Labute approximate surface area is 99.8 Å². The molecule has 4 heteroatoms. The Morgan fingerprint density at radius 3 is 2.71 bits per heavy atom. The van der Waals surface area contributed by atoms with Gasteiger partial charge in [-0.15, -0.1) is 0 Å². The molecule has 1 aromatic carbocycles. The van der Waals surface area contributed by atoms with Crippen LogP contribution in [0.3, 0.4) is 0 Å². The maximum atomic E-state index is 11.8. The number of ether oxygens (including phenoxy) is 1. The monoisotopic (exact) mass is 233 g/mol. The fraction of sp³-hybridized carbons (Fsp3) is 0.308. The second kappa shape index (κ2) is 4.59. The summed E-state index contributed by atoms with van der Waals surface area (Å²) in [7, 11) is 5.06. The lowest BCUT2D eigenvalue weighted by atomic mass is 10.1. The van der Waals surface area contributed by atoms with Crippen molar-refractivity contribution in [1.82, 2.24) is 4.90 Å². The molecular formula is C13H15NO3. The van der Waals surface area contributed by atoms with Gasteiger partial charge in [0.25, 0.3) is 0 Å². The number of rotatable bonds is 3. The summed E-state index contributed by atoms with van der Waals surface area (Å²) in [6.45, 7) is 0. The maximum Gasteiger partial charge on any atom is 0.327 e. The van der Waals surface area contributed by atoms with E-state index in [1.165, 1.54) is 7.11 Å². The number of para-hydroxylation sites is 1. The largest absolute Gasteiger partial charge is 0.468 e. The first-order chi connectivity index (χ1) is 8.15. The minimum atomic E-state index is -0.441. The Bertz CT molecular complexity index is 530. The van der Waals surface area contributed by atoms with Gasteiger partial charge in [-0.2, -0.15) is 0 Å². The third-order valence-corrected chi connectivity index (χ3v) is 2.75. The lowest BCUT2D eigenvalue weighted by Crippen LogP contribution is -2.28. The topological polar surface area (TPSA) is 42.7 Å². The number of carbonyl (C=O) groups excluding carboxylic acids is 1. The summed E-state index contributed by atoms with van der Waals surface area (Å²) >= 11 is 0. The first-order valence-corrected chi connectivity index (χ1v) is 5.35. The molecule has 1 atom stereocenters. The van der Waals surface area contributed by atoms with E-state index in [0.29, 0.717) is 0 Å². The molecule has 0 aliphatic rings. The smallest absolute Gasteiger partial charge is 0.327 e. The van der Waals surface area contributed by atoms with Crippen LogP contribution < -0.4 is 0 Å². The Balaban J connectivity index is 2.53. The molecular weight excluding hydrogens is 218 g/mol. The summed E-state index contributed by atoms with van der Waals surface area (Å²) in [5.74, 6) is -0.290. The summed E-state index contributed by atoms with van der Waals surface area (Å²) in [5, 5.41) is 0.941. The van der Waals surface area contributed by atoms with E-state index in [4.69, 9.17) is 9.15 Å². The van der Waals surface area contributed by atoms with Gasteiger partial charge in [-0.1, -0.05) is 18.2 Å². The molecule has 1 heterocycles. The number of carbonyl (C=O) groups is 1. The van der Waals surface area contributed by atoms with Crippen molar-refractivity contribution in [2.45, 2.75) is 6.04 Å². The van der Waals surface area contributed by atoms with Gasteiger partial charge in [0.15, 0.2) is 0 Å². The van der Waals surface area contributed by atoms with Crippen LogP contribution in [0.1, 0.15) is 11.6 Å². The molecule has 2 rings (SSSR count). The van der Waals surface area contributed by atoms with Crippen LogP contribution in [0.2, 0.25) is 0 Å². The number of methoxy groups -OCH3 is 1. The van der Waals surface area contributed by atoms with E-state index in [0.717, 1.165) is 16.5 Å². The van der Waals surface area contributed by atoms with E-state index in [2.05, 4.69) is 0 Å². The van der Waals surface area contributed by atoms with Crippen LogP contribution in [0.4, 0.5) is 0 Å². The molecule has 1 aromatic heterocycles. The second-order valence-electron chi connectivity index (χ2n) is 4.08. The number of furan rings is 1. The average molecular weight is 233 g/mol. The van der Waals surface area contributed by atoms with Crippen LogP contribution >= 0.6 is 0 Å². The zero-order valence-corrected chi connectivity index (χ0v) is 10.1. The Hall–Kier alpha value is -1.81. The molecule has 0 amide bonds. The van der Waals surface area contributed by atoms with Gasteiger partial charge < -0.3 is 9.15 Å². The first-order valence-electron chi connectivity index (χ1n) is 5.35. The molecule has 0 aliphatic carbocycles. The predicted octanol–water partition coefficient (Wildman–Crippen LogP) is 2.21. The number of hydrogen-bond acceptors (Lipinski definition) is 4. The predicted molar refractivity (Wildman–Crippen MR) is 64.7 cm³/mol. The van der Waals surface area contributed by atoms with E-state index in [-0.39, 0.29) is 5.97 Å². The van der Waals surface area contributed by atoms with Crippen LogP contribution in [0.25, 0.3) is 11.0 Å². The van der Waals surface area contributed by atoms with Gasteiger partial charge in [0, 0.05) is 10.9 Å². The van der Waals surface area contributed by atoms with Crippen molar-refractivity contribution in [1.29, 1.82) is 0 Å². The summed E-state index contributed by atoms with van der Waals surface area (Å²) in [6, 6.07) is 7.20. The zero-order valence-electron chi connectivity index (χ0n) is 10.1. The van der Waals surface area contributed by atoms with Crippen molar-refractivity contribution in [2.75, 3.05) is 21.2 Å². The Morgan fingerprint density at radius 2 is 2.06 bits per heavy atom. The van der Waals surface area contributed by atoms with Crippen molar-refractivity contribution >= 4 is 16.9 Å². The highest BCUT2D eigenvalue weighted by Gasteiger charge is 2.27. The highest BCUT2D eigenvalue weighted by molar-refractivity contribution is 5.88. The lowest BCUT2D eigenvalue weighted by Gasteiger charge is -2.20. The maximum absolute atomic E-state index is 11.8. The molecule has 0 saturated carbocycles. The quantitative estimate of drug-likeness (QED) is 0.762. The molecule has 0 radical (unpaired) electrons. The van der Waals surface area contributed by atoms with Crippen LogP contribution in [0.15, 0.2) is 34.9 Å². The molecule has 0 saturated heterocycles. The number of benzene rings is 1. The Kier molecular flexibility index (Phi) is 3.15. The molecule has 0 aliphatic heterocycles. The van der Waals surface area contributed by atoms with Gasteiger partial charge in [-0.05, 0) is 20.2 Å². The highest BCUT2D eigenvalue weighted by Crippen LogP contribution is 2.29. The van der Waals surface area contributed by atoms with Gasteiger partial charge in [0.1, 0.15) is 11.6 Å². The van der Waals surface area contributed by atoms with Crippen molar-refractivity contribution in [3.63, 3.8) is 0 Å². The van der Waals surface area contributed by atoms with Gasteiger partial charge >= 0.3 is 5.97 Å². The molecule has 2 aromatic rings. The fourth-order valence-electron chi connectivity index (χ4n) is 1.94. The molecule has 0 fully saturated rings. The number of nitrogens with zero attached hydrogens (tertiary/aromatic N) is 1. The minimum Gasteiger partial charge on any atom is -0.468 e. The van der Waals surface area contributed by atoms with Gasteiger partial charge in [-0.3, -0.25) is 4.90 Å². The normalized spacial score (nSPS) is 12.9. The van der Waals surface area contributed by atoms with Crippen LogP contribution in [0, 0.1) is 0 Å². The van der Waals surface area contributed by atoms with Crippen molar-refractivity contribution in [3.05, 3.63) is 36.1 Å². The minimum absolute atomic E-state index is 0.290. The van der Waals surface area contributed by atoms with E-state index in [9.17, 15) is 4.79 Å². The summed E-state index contributed by atoms with van der Waals surface area (Å²) in [4.78, 5) is 13.6. The molecule has 17 heavy (non-hydrogen) atoms. The summed E-state index contributed by atoms with van der Waals surface area (Å²) in [6.07, 6.45) is 1.62.